The minimum Gasteiger partial charge on any atom is -0.339 e. The predicted octanol–water partition coefficient (Wildman–Crippen LogP) is 1.27. The third-order valence-corrected chi connectivity index (χ3v) is 1.92. The lowest BCUT2D eigenvalue weighted by Gasteiger charge is -2.11. The zero-order valence-corrected chi connectivity index (χ0v) is 7.48. The van der Waals surface area contributed by atoms with Crippen LogP contribution in [0.5, 0.6) is 0 Å². The standard InChI is InChI=1S/C6H9N2OPS/c7-10(9,11)8-6-4-2-1-3-5-6/h1-5H,(H4,7,8,9,11). The monoisotopic (exact) mass is 188 g/mol. The van der Waals surface area contributed by atoms with Gasteiger partial charge in [0.2, 0.25) is 6.57 Å². The van der Waals surface area contributed by atoms with Crippen molar-refractivity contribution in [2.75, 3.05) is 5.09 Å². The summed E-state index contributed by atoms with van der Waals surface area (Å²) in [7, 11) is 0. The van der Waals surface area contributed by atoms with Gasteiger partial charge in [0.05, 0.1) is 0 Å². The molecular weight excluding hydrogens is 179 g/mol. The second kappa shape index (κ2) is 3.32. The molecule has 1 aromatic carbocycles. The van der Waals surface area contributed by atoms with Gasteiger partial charge in [-0.15, -0.1) is 0 Å². The first kappa shape index (κ1) is 8.68. The van der Waals surface area contributed by atoms with Gasteiger partial charge in [-0.05, 0) is 23.9 Å². The van der Waals surface area contributed by atoms with Crippen LogP contribution in [0.1, 0.15) is 0 Å². The number of nitrogens with one attached hydrogen (secondary N) is 1. The van der Waals surface area contributed by atoms with Crippen LogP contribution in [0, 0.1) is 0 Å². The maximum absolute atomic E-state index is 9.06. The van der Waals surface area contributed by atoms with E-state index in [1.54, 1.807) is 12.1 Å². The van der Waals surface area contributed by atoms with E-state index in [-0.39, 0.29) is 0 Å². The molecule has 3 nitrogen and oxygen atoms in total. The van der Waals surface area contributed by atoms with Crippen LogP contribution in [0.3, 0.4) is 0 Å². The highest BCUT2D eigenvalue weighted by molar-refractivity contribution is 8.11. The summed E-state index contributed by atoms with van der Waals surface area (Å²) in [6, 6.07) is 9.15. The van der Waals surface area contributed by atoms with Crippen LogP contribution in [-0.4, -0.2) is 4.89 Å². The lowest BCUT2D eigenvalue weighted by atomic mass is 10.3. The van der Waals surface area contributed by atoms with Crippen molar-refractivity contribution in [3.63, 3.8) is 0 Å². The van der Waals surface area contributed by atoms with Gasteiger partial charge in [-0.25, -0.2) is 0 Å². The molecule has 0 aliphatic heterocycles. The molecule has 0 aliphatic rings. The van der Waals surface area contributed by atoms with E-state index in [9.17, 15) is 0 Å². The molecule has 0 bridgehead atoms. The quantitative estimate of drug-likeness (QED) is 0.612. The van der Waals surface area contributed by atoms with Crippen LogP contribution in [0.25, 0.3) is 0 Å². The normalized spacial score (nSPS) is 15.5. The van der Waals surface area contributed by atoms with Crippen LogP contribution in [0.4, 0.5) is 5.69 Å². The summed E-state index contributed by atoms with van der Waals surface area (Å²) in [6.07, 6.45) is 0. The third kappa shape index (κ3) is 3.49. The molecule has 11 heavy (non-hydrogen) atoms. The molecule has 60 valence electrons. The summed E-state index contributed by atoms with van der Waals surface area (Å²) in [6.45, 7) is -2.80. The lowest BCUT2D eigenvalue weighted by Crippen LogP contribution is -2.03. The Kier molecular flexibility index (Phi) is 2.62. The van der Waals surface area contributed by atoms with Crippen LogP contribution < -0.4 is 10.6 Å². The Morgan fingerprint density at radius 1 is 1.36 bits per heavy atom. The van der Waals surface area contributed by atoms with E-state index in [1.165, 1.54) is 0 Å². The van der Waals surface area contributed by atoms with Gasteiger partial charge < -0.3 is 9.98 Å². The number of nitrogens with two attached hydrogens (primary N) is 1. The fourth-order valence-corrected chi connectivity index (χ4v) is 1.53. The molecule has 0 saturated heterocycles. The van der Waals surface area contributed by atoms with Crippen molar-refractivity contribution < 1.29 is 4.89 Å². The van der Waals surface area contributed by atoms with E-state index in [4.69, 9.17) is 10.4 Å². The Labute approximate surface area is 70.4 Å². The average molecular weight is 188 g/mol. The summed E-state index contributed by atoms with van der Waals surface area (Å²) >= 11 is 4.60. The van der Waals surface area contributed by atoms with Crippen molar-refractivity contribution in [2.45, 2.75) is 0 Å². The number of benzene rings is 1. The SMILES string of the molecule is NP(O)(=S)Nc1ccccc1. The third-order valence-electron chi connectivity index (χ3n) is 1.06. The van der Waals surface area contributed by atoms with Gasteiger partial charge >= 0.3 is 0 Å². The Hall–Kier alpha value is -0.410. The molecule has 0 heterocycles. The highest BCUT2D eigenvalue weighted by atomic mass is 32.4. The summed E-state index contributed by atoms with van der Waals surface area (Å²) < 4.78 is 0. The Morgan fingerprint density at radius 3 is 2.36 bits per heavy atom. The molecule has 5 heteroatoms. The Balaban J connectivity index is 2.74. The molecule has 4 N–H and O–H groups in total. The summed E-state index contributed by atoms with van der Waals surface area (Å²) in [5.74, 6) is 0. The van der Waals surface area contributed by atoms with Crippen molar-refractivity contribution in [1.82, 2.24) is 0 Å². The van der Waals surface area contributed by atoms with E-state index < -0.39 is 6.57 Å². The van der Waals surface area contributed by atoms with E-state index in [0.29, 0.717) is 0 Å². The van der Waals surface area contributed by atoms with E-state index >= 15 is 0 Å². The van der Waals surface area contributed by atoms with E-state index in [0.717, 1.165) is 5.69 Å². The maximum atomic E-state index is 9.06. The molecule has 0 aromatic heterocycles. The Morgan fingerprint density at radius 2 is 1.91 bits per heavy atom. The molecule has 1 unspecified atom stereocenters. The van der Waals surface area contributed by atoms with Crippen LogP contribution in [0.2, 0.25) is 0 Å². The molecule has 0 fully saturated rings. The van der Waals surface area contributed by atoms with Crippen LogP contribution in [0.15, 0.2) is 30.3 Å². The fourth-order valence-electron chi connectivity index (χ4n) is 0.698. The lowest BCUT2D eigenvalue weighted by molar-refractivity contribution is 0.629. The number of para-hydroxylation sites is 1. The zero-order valence-electron chi connectivity index (χ0n) is 5.77. The molecular formula is C6H9N2OPS. The average Bonchev–Trinajstić information content (AvgIpc) is 1.85. The largest absolute Gasteiger partial charge is 0.339 e. The highest BCUT2D eigenvalue weighted by Gasteiger charge is 2.02. The van der Waals surface area contributed by atoms with E-state index in [1.807, 2.05) is 18.2 Å². The number of hydrogen-bond donors (Lipinski definition) is 3. The first-order valence-electron chi connectivity index (χ1n) is 3.03. The van der Waals surface area contributed by atoms with Gasteiger partial charge in [0, 0.05) is 5.69 Å². The highest BCUT2D eigenvalue weighted by Crippen LogP contribution is 2.30. The smallest absolute Gasteiger partial charge is 0.218 e. The van der Waals surface area contributed by atoms with Crippen molar-refractivity contribution in [2.24, 2.45) is 5.50 Å². The first-order chi connectivity index (χ1) is 5.08. The number of hydrogen-bond acceptors (Lipinski definition) is 1. The molecule has 1 rings (SSSR count). The fraction of sp³-hybridized carbons (Fsp3) is 0. The first-order valence-corrected chi connectivity index (χ1v) is 5.85. The van der Waals surface area contributed by atoms with Gasteiger partial charge in [-0.2, -0.15) is 0 Å². The van der Waals surface area contributed by atoms with Gasteiger partial charge in [-0.1, -0.05) is 18.2 Å². The number of rotatable bonds is 2. The minimum atomic E-state index is -2.80. The number of anilines is 1. The summed E-state index contributed by atoms with van der Waals surface area (Å²) in [5, 5.41) is 2.64. The van der Waals surface area contributed by atoms with Crippen molar-refractivity contribution >= 4 is 24.1 Å². The molecule has 0 amide bonds. The summed E-state index contributed by atoms with van der Waals surface area (Å²) in [4.78, 5) is 9.06. The predicted molar refractivity (Wildman–Crippen MR) is 50.8 cm³/mol. The van der Waals surface area contributed by atoms with E-state index in [2.05, 4.69) is 16.9 Å². The van der Waals surface area contributed by atoms with Crippen LogP contribution >= 0.6 is 6.57 Å². The van der Waals surface area contributed by atoms with Gasteiger partial charge in [0.15, 0.2) is 0 Å². The molecule has 0 spiro atoms. The molecule has 0 saturated carbocycles. The van der Waals surface area contributed by atoms with Gasteiger partial charge in [0.25, 0.3) is 0 Å². The maximum Gasteiger partial charge on any atom is 0.218 e. The minimum absolute atomic E-state index is 0.751. The summed E-state index contributed by atoms with van der Waals surface area (Å²) in [5.41, 5.74) is 5.99. The van der Waals surface area contributed by atoms with Gasteiger partial charge in [-0.3, -0.25) is 5.50 Å². The topological polar surface area (TPSA) is 58.3 Å². The second-order valence-corrected chi connectivity index (χ2v) is 5.24. The van der Waals surface area contributed by atoms with Gasteiger partial charge in [0.1, 0.15) is 0 Å². The Bertz CT molecular complexity index is 271. The molecule has 1 atom stereocenters. The molecule has 0 radical (unpaired) electrons. The zero-order chi connectivity index (χ0) is 8.32. The molecule has 0 aliphatic carbocycles. The second-order valence-electron chi connectivity index (χ2n) is 2.10. The van der Waals surface area contributed by atoms with Crippen molar-refractivity contribution in [1.29, 1.82) is 0 Å². The van der Waals surface area contributed by atoms with Crippen LogP contribution in [-0.2, 0) is 11.8 Å². The van der Waals surface area contributed by atoms with Crippen molar-refractivity contribution in [3.05, 3.63) is 30.3 Å². The molecule has 1 aromatic rings. The van der Waals surface area contributed by atoms with Crippen molar-refractivity contribution in [3.8, 4) is 0 Å².